The molecule has 0 saturated carbocycles. The highest BCUT2D eigenvalue weighted by Crippen LogP contribution is 2.29. The maximum absolute atomic E-state index is 13.9. The Kier molecular flexibility index (Phi) is 4.11. The zero-order chi connectivity index (χ0) is 14.9. The average Bonchev–Trinajstić information content (AvgIpc) is 2.34. The van der Waals surface area contributed by atoms with Crippen molar-refractivity contribution < 1.29 is 13.2 Å². The first-order valence-electron chi connectivity index (χ1n) is 6.11. The Bertz CT molecular complexity index is 618. The summed E-state index contributed by atoms with van der Waals surface area (Å²) in [5, 5.41) is 0. The van der Waals surface area contributed by atoms with Gasteiger partial charge in [-0.1, -0.05) is 23.8 Å². The molecule has 0 radical (unpaired) electrons. The third-order valence-corrected chi connectivity index (χ3v) is 3.24. The molecule has 3 N–H and O–H groups in total. The Morgan fingerprint density at radius 3 is 2.10 bits per heavy atom. The Hall–Kier alpha value is -1.85. The molecule has 0 spiro atoms. The van der Waals surface area contributed by atoms with Crippen LogP contribution in [-0.2, 0) is 0 Å². The number of hydrogen-bond donors (Lipinski definition) is 2. The van der Waals surface area contributed by atoms with Gasteiger partial charge >= 0.3 is 0 Å². The van der Waals surface area contributed by atoms with Gasteiger partial charge in [-0.2, -0.15) is 0 Å². The number of benzene rings is 2. The Balaban J connectivity index is 2.58. The molecule has 2 rings (SSSR count). The first kappa shape index (κ1) is 14.6. The zero-order valence-corrected chi connectivity index (χ0v) is 11.2. The van der Waals surface area contributed by atoms with Gasteiger partial charge in [0.1, 0.15) is 17.5 Å². The molecule has 0 aliphatic rings. The Morgan fingerprint density at radius 1 is 1.00 bits per heavy atom. The van der Waals surface area contributed by atoms with Gasteiger partial charge in [0.25, 0.3) is 0 Å². The van der Waals surface area contributed by atoms with E-state index in [2.05, 4.69) is 5.43 Å². The number of aryl methyl sites for hydroxylation is 2. The SMILES string of the molecule is Cc1ccc(C(NN)c2c(F)cc(F)cc2F)c(C)c1. The molecule has 1 unspecified atom stereocenters. The predicted molar refractivity (Wildman–Crippen MR) is 71.4 cm³/mol. The highest BCUT2D eigenvalue weighted by Gasteiger charge is 2.23. The first-order valence-corrected chi connectivity index (χ1v) is 6.11. The molecular formula is C15H15F3N2. The second-order valence-corrected chi connectivity index (χ2v) is 4.74. The van der Waals surface area contributed by atoms with Gasteiger partial charge in [0.15, 0.2) is 0 Å². The summed E-state index contributed by atoms with van der Waals surface area (Å²) in [4.78, 5) is 0. The maximum atomic E-state index is 13.9. The molecular weight excluding hydrogens is 265 g/mol. The van der Waals surface area contributed by atoms with Crippen LogP contribution in [0.2, 0.25) is 0 Å². The van der Waals surface area contributed by atoms with Crippen LogP contribution in [0.15, 0.2) is 30.3 Å². The van der Waals surface area contributed by atoms with E-state index in [1.165, 1.54) is 0 Å². The Labute approximate surface area is 115 Å². The standard InChI is InChI=1S/C15H15F3N2/c1-8-3-4-11(9(2)5-8)15(20-19)14-12(17)6-10(16)7-13(14)18/h3-7,15,20H,19H2,1-2H3. The smallest absolute Gasteiger partial charge is 0.134 e. The van der Waals surface area contributed by atoms with E-state index in [0.717, 1.165) is 11.1 Å². The van der Waals surface area contributed by atoms with Crippen molar-refractivity contribution in [1.29, 1.82) is 0 Å². The van der Waals surface area contributed by atoms with Gasteiger partial charge in [-0.3, -0.25) is 5.84 Å². The van der Waals surface area contributed by atoms with Crippen molar-refractivity contribution in [3.63, 3.8) is 0 Å². The molecule has 106 valence electrons. The lowest BCUT2D eigenvalue weighted by atomic mass is 9.93. The van der Waals surface area contributed by atoms with E-state index in [1.807, 2.05) is 26.0 Å². The summed E-state index contributed by atoms with van der Waals surface area (Å²) < 4.78 is 40.7. The van der Waals surface area contributed by atoms with Crippen molar-refractivity contribution in [1.82, 2.24) is 5.43 Å². The summed E-state index contributed by atoms with van der Waals surface area (Å²) in [6.45, 7) is 3.74. The molecule has 0 fully saturated rings. The fourth-order valence-corrected chi connectivity index (χ4v) is 2.31. The predicted octanol–water partition coefficient (Wildman–Crippen LogP) is 3.27. The van der Waals surface area contributed by atoms with Gasteiger partial charge in [0.05, 0.1) is 6.04 Å². The maximum Gasteiger partial charge on any atom is 0.134 e. The summed E-state index contributed by atoms with van der Waals surface area (Å²) in [6.07, 6.45) is 0. The largest absolute Gasteiger partial charge is 0.271 e. The third kappa shape index (κ3) is 2.69. The highest BCUT2D eigenvalue weighted by molar-refractivity contribution is 5.39. The number of hydrogen-bond acceptors (Lipinski definition) is 2. The van der Waals surface area contributed by atoms with E-state index in [1.54, 1.807) is 6.07 Å². The van der Waals surface area contributed by atoms with Crippen molar-refractivity contribution in [3.8, 4) is 0 Å². The van der Waals surface area contributed by atoms with E-state index < -0.39 is 23.5 Å². The number of rotatable bonds is 3. The van der Waals surface area contributed by atoms with Crippen LogP contribution in [0, 0.1) is 31.3 Å². The van der Waals surface area contributed by atoms with Gasteiger partial charge < -0.3 is 0 Å². The van der Waals surface area contributed by atoms with E-state index in [0.29, 0.717) is 17.7 Å². The van der Waals surface area contributed by atoms with Crippen molar-refractivity contribution in [2.75, 3.05) is 0 Å². The van der Waals surface area contributed by atoms with Crippen molar-refractivity contribution in [3.05, 3.63) is 70.0 Å². The normalized spacial score (nSPS) is 12.5. The molecule has 0 amide bonds. The molecule has 2 aromatic rings. The molecule has 2 aromatic carbocycles. The van der Waals surface area contributed by atoms with Crippen molar-refractivity contribution >= 4 is 0 Å². The lowest BCUT2D eigenvalue weighted by Gasteiger charge is -2.20. The molecule has 0 aromatic heterocycles. The van der Waals surface area contributed by atoms with Gasteiger partial charge in [-0.25, -0.2) is 18.6 Å². The molecule has 2 nitrogen and oxygen atoms in total. The minimum Gasteiger partial charge on any atom is -0.271 e. The van der Waals surface area contributed by atoms with Crippen LogP contribution >= 0.6 is 0 Å². The van der Waals surface area contributed by atoms with E-state index in [4.69, 9.17) is 5.84 Å². The van der Waals surface area contributed by atoms with Crippen LogP contribution in [0.3, 0.4) is 0 Å². The summed E-state index contributed by atoms with van der Waals surface area (Å²) in [7, 11) is 0. The van der Waals surface area contributed by atoms with Crippen LogP contribution in [0.5, 0.6) is 0 Å². The number of halogens is 3. The average molecular weight is 280 g/mol. The fraction of sp³-hybridized carbons (Fsp3) is 0.200. The molecule has 5 heteroatoms. The Morgan fingerprint density at radius 2 is 1.60 bits per heavy atom. The van der Waals surface area contributed by atoms with Crippen LogP contribution in [0.4, 0.5) is 13.2 Å². The minimum atomic E-state index is -0.967. The number of nitrogens with two attached hydrogens (primary N) is 1. The second-order valence-electron chi connectivity index (χ2n) is 4.74. The van der Waals surface area contributed by atoms with Crippen molar-refractivity contribution in [2.45, 2.75) is 19.9 Å². The molecule has 20 heavy (non-hydrogen) atoms. The number of nitrogens with one attached hydrogen (secondary N) is 1. The van der Waals surface area contributed by atoms with Crippen LogP contribution in [0.1, 0.15) is 28.3 Å². The third-order valence-electron chi connectivity index (χ3n) is 3.24. The summed E-state index contributed by atoms with van der Waals surface area (Å²) in [6, 6.07) is 5.87. The molecule has 0 saturated heterocycles. The summed E-state index contributed by atoms with van der Waals surface area (Å²) >= 11 is 0. The minimum absolute atomic E-state index is 0.291. The molecule has 0 aliphatic carbocycles. The first-order chi connectivity index (χ1) is 9.43. The topological polar surface area (TPSA) is 38.0 Å². The molecule has 0 aliphatic heterocycles. The summed E-state index contributed by atoms with van der Waals surface area (Å²) in [5.74, 6) is 2.55. The van der Waals surface area contributed by atoms with Gasteiger partial charge in [0, 0.05) is 17.7 Å². The van der Waals surface area contributed by atoms with Gasteiger partial charge in [-0.15, -0.1) is 0 Å². The second kappa shape index (κ2) is 5.64. The van der Waals surface area contributed by atoms with Gasteiger partial charge in [0.2, 0.25) is 0 Å². The highest BCUT2D eigenvalue weighted by atomic mass is 19.1. The van der Waals surface area contributed by atoms with Crippen LogP contribution < -0.4 is 11.3 Å². The lowest BCUT2D eigenvalue weighted by Crippen LogP contribution is -2.31. The summed E-state index contributed by atoms with van der Waals surface area (Å²) in [5.41, 5.74) is 4.62. The quantitative estimate of drug-likeness (QED) is 0.669. The van der Waals surface area contributed by atoms with E-state index in [-0.39, 0.29) is 5.56 Å². The molecule has 0 heterocycles. The zero-order valence-electron chi connectivity index (χ0n) is 11.2. The van der Waals surface area contributed by atoms with Crippen LogP contribution in [-0.4, -0.2) is 0 Å². The van der Waals surface area contributed by atoms with Crippen LogP contribution in [0.25, 0.3) is 0 Å². The lowest BCUT2D eigenvalue weighted by molar-refractivity contribution is 0.491. The monoisotopic (exact) mass is 280 g/mol. The van der Waals surface area contributed by atoms with Crippen molar-refractivity contribution in [2.24, 2.45) is 5.84 Å². The molecule has 1 atom stereocenters. The van der Waals surface area contributed by atoms with Gasteiger partial charge in [-0.05, 0) is 25.0 Å². The molecule has 0 bridgehead atoms. The van der Waals surface area contributed by atoms with E-state index >= 15 is 0 Å². The fourth-order valence-electron chi connectivity index (χ4n) is 2.31. The van der Waals surface area contributed by atoms with E-state index in [9.17, 15) is 13.2 Å². The number of hydrazine groups is 1.